The van der Waals surface area contributed by atoms with Gasteiger partial charge in [-0.05, 0) is 12.1 Å². The second kappa shape index (κ2) is 5.67. The van der Waals surface area contributed by atoms with Gasteiger partial charge in [0, 0.05) is 6.07 Å². The summed E-state index contributed by atoms with van der Waals surface area (Å²) in [5.41, 5.74) is 0. The summed E-state index contributed by atoms with van der Waals surface area (Å²) in [6, 6.07) is 3.84. The molecule has 0 amide bonds. The average Bonchev–Trinajstić information content (AvgIpc) is 2.21. The molecule has 1 N–H and O–H groups in total. The molecule has 0 aliphatic heterocycles. The van der Waals surface area contributed by atoms with E-state index in [4.69, 9.17) is 33.0 Å². The molecular formula is C10H7Cl2F3O3. The number of halogens is 5. The van der Waals surface area contributed by atoms with Crippen LogP contribution in [-0.2, 0) is 4.79 Å². The van der Waals surface area contributed by atoms with Crippen molar-refractivity contribution in [3.05, 3.63) is 28.2 Å². The molecule has 0 spiro atoms. The minimum atomic E-state index is -4.87. The molecule has 1 unspecified atom stereocenters. The highest BCUT2D eigenvalue weighted by atomic mass is 35.5. The van der Waals surface area contributed by atoms with Crippen LogP contribution in [0.2, 0.25) is 10.0 Å². The third-order valence-corrected chi connectivity index (χ3v) is 2.74. The lowest BCUT2D eigenvalue weighted by Gasteiger charge is -2.16. The number of ether oxygens (including phenoxy) is 1. The maximum atomic E-state index is 12.3. The maximum absolute atomic E-state index is 12.3. The summed E-state index contributed by atoms with van der Waals surface area (Å²) in [7, 11) is 0. The highest BCUT2D eigenvalue weighted by Gasteiger charge is 2.45. The van der Waals surface area contributed by atoms with E-state index in [-0.39, 0.29) is 15.8 Å². The Morgan fingerprint density at radius 2 is 1.94 bits per heavy atom. The number of alkyl halides is 3. The Kier molecular flexibility index (Phi) is 4.70. The van der Waals surface area contributed by atoms with Crippen molar-refractivity contribution in [3.63, 3.8) is 0 Å². The van der Waals surface area contributed by atoms with Crippen molar-refractivity contribution in [1.29, 1.82) is 0 Å². The summed E-state index contributed by atoms with van der Waals surface area (Å²) in [6.45, 7) is -1.03. The van der Waals surface area contributed by atoms with Gasteiger partial charge in [0.1, 0.15) is 12.4 Å². The molecule has 0 aromatic heterocycles. The van der Waals surface area contributed by atoms with Crippen LogP contribution in [0, 0.1) is 5.92 Å². The van der Waals surface area contributed by atoms with Crippen molar-refractivity contribution in [2.24, 2.45) is 5.92 Å². The quantitative estimate of drug-likeness (QED) is 0.924. The van der Waals surface area contributed by atoms with Crippen LogP contribution in [0.4, 0.5) is 13.2 Å². The number of hydrogen-bond donors (Lipinski definition) is 1. The number of rotatable bonds is 4. The van der Waals surface area contributed by atoms with Gasteiger partial charge in [0.05, 0.1) is 10.0 Å². The molecule has 0 bridgehead atoms. The molecule has 0 fully saturated rings. The summed E-state index contributed by atoms with van der Waals surface area (Å²) in [6.07, 6.45) is -4.87. The SMILES string of the molecule is O=C(O)C(COc1ccc(Cl)c(Cl)c1)C(F)(F)F. The number of carboxylic acids is 1. The van der Waals surface area contributed by atoms with Crippen LogP contribution in [-0.4, -0.2) is 23.9 Å². The van der Waals surface area contributed by atoms with Crippen LogP contribution in [0.5, 0.6) is 5.75 Å². The first-order valence-electron chi connectivity index (χ1n) is 4.59. The zero-order valence-corrected chi connectivity index (χ0v) is 10.2. The lowest BCUT2D eigenvalue weighted by Crippen LogP contribution is -2.35. The third-order valence-electron chi connectivity index (χ3n) is 2.00. The van der Waals surface area contributed by atoms with E-state index in [1.165, 1.54) is 18.2 Å². The lowest BCUT2D eigenvalue weighted by molar-refractivity contribution is -0.198. The zero-order chi connectivity index (χ0) is 13.9. The van der Waals surface area contributed by atoms with Crippen molar-refractivity contribution >= 4 is 29.2 Å². The summed E-state index contributed by atoms with van der Waals surface area (Å²) >= 11 is 11.2. The van der Waals surface area contributed by atoms with E-state index in [9.17, 15) is 18.0 Å². The Morgan fingerprint density at radius 3 is 2.39 bits per heavy atom. The molecule has 8 heteroatoms. The van der Waals surface area contributed by atoms with Gasteiger partial charge in [-0.15, -0.1) is 0 Å². The standard InChI is InChI=1S/C10H7Cl2F3O3/c11-7-2-1-5(3-8(7)12)18-4-6(9(16)17)10(13,14)15/h1-3,6H,4H2,(H,16,17). The first kappa shape index (κ1) is 14.9. The van der Waals surface area contributed by atoms with Crippen molar-refractivity contribution in [2.75, 3.05) is 6.61 Å². The van der Waals surface area contributed by atoms with Crippen LogP contribution < -0.4 is 4.74 Å². The second-order valence-electron chi connectivity index (χ2n) is 3.32. The molecule has 100 valence electrons. The normalized spacial score (nSPS) is 13.2. The van der Waals surface area contributed by atoms with E-state index >= 15 is 0 Å². The van der Waals surface area contributed by atoms with Gasteiger partial charge in [0.2, 0.25) is 0 Å². The summed E-state index contributed by atoms with van der Waals surface area (Å²) in [5, 5.41) is 8.76. The van der Waals surface area contributed by atoms with E-state index in [0.717, 1.165) is 0 Å². The topological polar surface area (TPSA) is 46.5 Å². The van der Waals surface area contributed by atoms with Crippen LogP contribution >= 0.6 is 23.2 Å². The smallest absolute Gasteiger partial charge is 0.405 e. The first-order valence-corrected chi connectivity index (χ1v) is 5.35. The molecule has 1 aromatic carbocycles. The maximum Gasteiger partial charge on any atom is 0.405 e. The van der Waals surface area contributed by atoms with Crippen molar-refractivity contribution in [3.8, 4) is 5.75 Å². The minimum Gasteiger partial charge on any atom is -0.492 e. The number of carboxylic acid groups (broad SMARTS) is 1. The third kappa shape index (κ3) is 3.96. The zero-order valence-electron chi connectivity index (χ0n) is 8.67. The predicted octanol–water partition coefficient (Wildman–Crippen LogP) is 3.64. The minimum absolute atomic E-state index is 0.0138. The van der Waals surface area contributed by atoms with Crippen molar-refractivity contribution in [1.82, 2.24) is 0 Å². The summed E-state index contributed by atoms with van der Waals surface area (Å²) in [5.74, 6) is -4.57. The van der Waals surface area contributed by atoms with Crippen LogP contribution in [0.15, 0.2) is 18.2 Å². The monoisotopic (exact) mass is 302 g/mol. The van der Waals surface area contributed by atoms with Gasteiger partial charge >= 0.3 is 12.1 Å². The van der Waals surface area contributed by atoms with Crippen LogP contribution in [0.25, 0.3) is 0 Å². The van der Waals surface area contributed by atoms with Crippen LogP contribution in [0.3, 0.4) is 0 Å². The fourth-order valence-corrected chi connectivity index (χ4v) is 1.34. The summed E-state index contributed by atoms with van der Waals surface area (Å²) < 4.78 is 41.7. The molecule has 0 heterocycles. The summed E-state index contributed by atoms with van der Waals surface area (Å²) in [4.78, 5) is 10.4. The number of aliphatic carboxylic acids is 1. The van der Waals surface area contributed by atoms with E-state index < -0.39 is 24.7 Å². The fourth-order valence-electron chi connectivity index (χ4n) is 1.05. The predicted molar refractivity (Wildman–Crippen MR) is 59.1 cm³/mol. The van der Waals surface area contributed by atoms with Crippen LogP contribution in [0.1, 0.15) is 0 Å². The van der Waals surface area contributed by atoms with Gasteiger partial charge in [0.15, 0.2) is 5.92 Å². The highest BCUT2D eigenvalue weighted by Crippen LogP contribution is 2.29. The van der Waals surface area contributed by atoms with Gasteiger partial charge in [-0.1, -0.05) is 23.2 Å². The molecule has 0 aliphatic carbocycles. The molecule has 1 atom stereocenters. The lowest BCUT2D eigenvalue weighted by atomic mass is 10.1. The number of benzene rings is 1. The van der Waals surface area contributed by atoms with Crippen molar-refractivity contribution in [2.45, 2.75) is 6.18 Å². The van der Waals surface area contributed by atoms with E-state index in [2.05, 4.69) is 0 Å². The molecule has 1 aromatic rings. The van der Waals surface area contributed by atoms with E-state index in [1.807, 2.05) is 0 Å². The van der Waals surface area contributed by atoms with Gasteiger partial charge in [-0.3, -0.25) is 4.79 Å². The second-order valence-corrected chi connectivity index (χ2v) is 4.13. The van der Waals surface area contributed by atoms with Gasteiger partial charge < -0.3 is 9.84 Å². The molecule has 0 aliphatic rings. The van der Waals surface area contributed by atoms with E-state index in [1.54, 1.807) is 0 Å². The molecule has 18 heavy (non-hydrogen) atoms. The molecular weight excluding hydrogens is 296 g/mol. The molecule has 0 saturated carbocycles. The average molecular weight is 303 g/mol. The Balaban J connectivity index is 2.73. The Hall–Kier alpha value is -1.14. The largest absolute Gasteiger partial charge is 0.492 e. The number of hydrogen-bond acceptors (Lipinski definition) is 2. The van der Waals surface area contributed by atoms with Gasteiger partial charge in [0.25, 0.3) is 0 Å². The number of carbonyl (C=O) groups is 1. The fraction of sp³-hybridized carbons (Fsp3) is 0.300. The molecule has 0 saturated heterocycles. The van der Waals surface area contributed by atoms with Gasteiger partial charge in [-0.2, -0.15) is 13.2 Å². The Bertz CT molecular complexity index is 448. The van der Waals surface area contributed by atoms with E-state index in [0.29, 0.717) is 0 Å². The Labute approximate surface area is 110 Å². The molecule has 3 nitrogen and oxygen atoms in total. The Morgan fingerprint density at radius 1 is 1.33 bits per heavy atom. The first-order chi connectivity index (χ1) is 8.21. The van der Waals surface area contributed by atoms with Crippen molar-refractivity contribution < 1.29 is 27.8 Å². The molecule has 1 rings (SSSR count). The molecule has 0 radical (unpaired) electrons. The van der Waals surface area contributed by atoms with Gasteiger partial charge in [-0.25, -0.2) is 0 Å². The highest BCUT2D eigenvalue weighted by molar-refractivity contribution is 6.42.